The third-order valence-corrected chi connectivity index (χ3v) is 8.91. The molecular weight excluding hydrogens is 548 g/mol. The Balaban J connectivity index is 1.62. The molecule has 0 aliphatic carbocycles. The van der Waals surface area contributed by atoms with Crippen molar-refractivity contribution >= 4 is 46.4 Å². The number of rotatable bonds is 9. The SMILES string of the molecule is CCCCCc1c2nc(c(-c3ccccc3)c3ccc([nH]3)c(CCCC)c3ccc([nH]3)c(-c3ccccc3)c3nc1C=C3)C=C2. The van der Waals surface area contributed by atoms with E-state index in [1.165, 1.54) is 24.0 Å². The maximum absolute atomic E-state index is 5.33. The maximum Gasteiger partial charge on any atom is 0.0737 e. The molecule has 2 aromatic carbocycles. The highest BCUT2D eigenvalue weighted by Gasteiger charge is 2.18. The van der Waals surface area contributed by atoms with Crippen LogP contribution in [0.15, 0.2) is 84.9 Å². The summed E-state index contributed by atoms with van der Waals surface area (Å²) >= 11 is 0. The van der Waals surface area contributed by atoms with Crippen LogP contribution < -0.4 is 0 Å². The van der Waals surface area contributed by atoms with Gasteiger partial charge in [0.15, 0.2) is 0 Å². The van der Waals surface area contributed by atoms with Crippen molar-refractivity contribution in [1.29, 1.82) is 0 Å². The van der Waals surface area contributed by atoms with Crippen LogP contribution in [0.4, 0.5) is 0 Å². The molecule has 4 heteroatoms. The van der Waals surface area contributed by atoms with E-state index in [9.17, 15) is 0 Å². The number of nitrogens with one attached hydrogen (secondary N) is 2. The molecule has 0 unspecified atom stereocenters. The molecule has 0 saturated carbocycles. The number of aromatic amines is 2. The molecule has 8 bridgehead atoms. The minimum atomic E-state index is 0.942. The lowest BCUT2D eigenvalue weighted by Crippen LogP contribution is -1.95. The lowest BCUT2D eigenvalue weighted by atomic mass is 10.0. The molecule has 45 heavy (non-hydrogen) atoms. The van der Waals surface area contributed by atoms with Gasteiger partial charge in [-0.25, -0.2) is 9.97 Å². The highest BCUT2D eigenvalue weighted by molar-refractivity contribution is 5.94. The molecular formula is C41H40N4. The number of hydrogen-bond acceptors (Lipinski definition) is 2. The molecule has 7 rings (SSSR count). The van der Waals surface area contributed by atoms with Crippen molar-refractivity contribution in [2.24, 2.45) is 0 Å². The van der Waals surface area contributed by atoms with Crippen LogP contribution in [0.1, 0.15) is 79.9 Å². The van der Waals surface area contributed by atoms with Crippen LogP contribution in [-0.4, -0.2) is 19.9 Å². The Morgan fingerprint density at radius 2 is 0.889 bits per heavy atom. The Labute approximate surface area is 265 Å². The van der Waals surface area contributed by atoms with Gasteiger partial charge in [-0.3, -0.25) is 0 Å². The van der Waals surface area contributed by atoms with E-state index < -0.39 is 0 Å². The van der Waals surface area contributed by atoms with Crippen LogP contribution in [0.2, 0.25) is 0 Å². The van der Waals surface area contributed by atoms with Crippen molar-refractivity contribution in [2.45, 2.75) is 58.8 Å². The summed E-state index contributed by atoms with van der Waals surface area (Å²) in [5, 5.41) is 0. The van der Waals surface area contributed by atoms with E-state index in [0.29, 0.717) is 0 Å². The van der Waals surface area contributed by atoms with E-state index in [0.717, 1.165) is 99.2 Å². The Morgan fingerprint density at radius 1 is 0.444 bits per heavy atom. The van der Waals surface area contributed by atoms with E-state index in [1.54, 1.807) is 0 Å². The van der Waals surface area contributed by atoms with E-state index in [-0.39, 0.29) is 0 Å². The van der Waals surface area contributed by atoms with Crippen molar-refractivity contribution in [2.75, 3.05) is 0 Å². The van der Waals surface area contributed by atoms with Crippen molar-refractivity contribution in [3.8, 4) is 22.3 Å². The fraction of sp³-hybridized carbons (Fsp3) is 0.220. The van der Waals surface area contributed by atoms with Gasteiger partial charge in [0, 0.05) is 38.8 Å². The van der Waals surface area contributed by atoms with Crippen LogP contribution in [0.3, 0.4) is 0 Å². The molecule has 224 valence electrons. The molecule has 0 fully saturated rings. The van der Waals surface area contributed by atoms with Crippen LogP contribution in [-0.2, 0) is 12.8 Å². The fourth-order valence-electron chi connectivity index (χ4n) is 6.57. The first-order chi connectivity index (χ1) is 22.2. The summed E-state index contributed by atoms with van der Waals surface area (Å²) in [7, 11) is 0. The number of H-pyrrole nitrogens is 2. The van der Waals surface area contributed by atoms with Gasteiger partial charge in [0.05, 0.1) is 22.8 Å². The second-order valence-electron chi connectivity index (χ2n) is 12.0. The van der Waals surface area contributed by atoms with Crippen molar-refractivity contribution in [1.82, 2.24) is 19.9 Å². The summed E-state index contributed by atoms with van der Waals surface area (Å²) in [5.41, 5.74) is 15.4. The maximum atomic E-state index is 5.33. The number of aromatic nitrogens is 4. The summed E-state index contributed by atoms with van der Waals surface area (Å²) in [6.07, 6.45) is 16.4. The zero-order valence-corrected chi connectivity index (χ0v) is 26.2. The molecule has 2 N–H and O–H groups in total. The largest absolute Gasteiger partial charge is 0.355 e. The molecule has 0 radical (unpaired) electrons. The molecule has 5 heterocycles. The van der Waals surface area contributed by atoms with Gasteiger partial charge in [-0.2, -0.15) is 0 Å². The quantitative estimate of drug-likeness (QED) is 0.165. The summed E-state index contributed by atoms with van der Waals surface area (Å²) in [4.78, 5) is 18.3. The minimum Gasteiger partial charge on any atom is -0.355 e. The molecule has 0 spiro atoms. The van der Waals surface area contributed by atoms with Gasteiger partial charge in [-0.15, -0.1) is 0 Å². The number of fused-ring (bicyclic) bond motifs is 8. The van der Waals surface area contributed by atoms with Gasteiger partial charge < -0.3 is 9.97 Å². The Morgan fingerprint density at radius 3 is 1.38 bits per heavy atom. The van der Waals surface area contributed by atoms with Gasteiger partial charge >= 0.3 is 0 Å². The van der Waals surface area contributed by atoms with Crippen molar-refractivity contribution in [3.05, 3.63) is 119 Å². The van der Waals surface area contributed by atoms with Crippen LogP contribution in [0.5, 0.6) is 0 Å². The number of aryl methyl sites for hydroxylation is 1. The van der Waals surface area contributed by atoms with Gasteiger partial charge in [-0.1, -0.05) is 93.8 Å². The predicted molar refractivity (Wildman–Crippen MR) is 192 cm³/mol. The highest BCUT2D eigenvalue weighted by Crippen LogP contribution is 2.34. The summed E-state index contributed by atoms with van der Waals surface area (Å²) in [6, 6.07) is 30.2. The monoisotopic (exact) mass is 588 g/mol. The molecule has 2 aliphatic heterocycles. The first-order valence-electron chi connectivity index (χ1n) is 16.5. The standard InChI is InChI=1S/C41H40N4/c1-3-5-9-19-31-34-22-26-38(44-34)40(28-14-10-7-11-15-28)36-24-20-32(42-36)30(18-6-4-2)33-21-25-37(43-33)41(29-16-12-8-13-17-29)39-27-23-35(31)45-39/h7-8,10-17,20-27,42-43H,3-6,9,18-19H2,1-2H3. The molecule has 3 aromatic heterocycles. The molecule has 4 nitrogen and oxygen atoms in total. The minimum absolute atomic E-state index is 0.942. The summed E-state index contributed by atoms with van der Waals surface area (Å²) < 4.78 is 0. The molecule has 2 aliphatic rings. The normalized spacial score (nSPS) is 12.2. The second-order valence-corrected chi connectivity index (χ2v) is 12.0. The zero-order valence-electron chi connectivity index (χ0n) is 26.2. The molecule has 0 saturated heterocycles. The smallest absolute Gasteiger partial charge is 0.0737 e. The van der Waals surface area contributed by atoms with Gasteiger partial charge in [0.1, 0.15) is 0 Å². The third kappa shape index (κ3) is 5.81. The van der Waals surface area contributed by atoms with Gasteiger partial charge in [0.25, 0.3) is 0 Å². The summed E-state index contributed by atoms with van der Waals surface area (Å²) in [5.74, 6) is 0. The first kappa shape index (κ1) is 28.8. The van der Waals surface area contributed by atoms with E-state index in [1.807, 2.05) is 0 Å². The summed E-state index contributed by atoms with van der Waals surface area (Å²) in [6.45, 7) is 4.51. The predicted octanol–water partition coefficient (Wildman–Crippen LogP) is 11.1. The third-order valence-electron chi connectivity index (χ3n) is 8.91. The van der Waals surface area contributed by atoms with E-state index in [4.69, 9.17) is 9.97 Å². The van der Waals surface area contributed by atoms with Crippen LogP contribution in [0.25, 0.3) is 68.6 Å². The Hall–Kier alpha value is -4.96. The zero-order chi connectivity index (χ0) is 30.6. The number of benzene rings is 2. The Kier molecular flexibility index (Phi) is 8.29. The highest BCUT2D eigenvalue weighted by atomic mass is 14.8. The number of nitrogens with zero attached hydrogens (tertiary/aromatic N) is 2. The number of hydrogen-bond donors (Lipinski definition) is 2. The topological polar surface area (TPSA) is 57.4 Å². The van der Waals surface area contributed by atoms with Crippen molar-refractivity contribution < 1.29 is 0 Å². The van der Waals surface area contributed by atoms with Gasteiger partial charge in [0.2, 0.25) is 0 Å². The van der Waals surface area contributed by atoms with Crippen LogP contribution >= 0.6 is 0 Å². The van der Waals surface area contributed by atoms with Gasteiger partial charge in [-0.05, 0) is 90.9 Å². The van der Waals surface area contributed by atoms with Crippen LogP contribution in [0, 0.1) is 0 Å². The van der Waals surface area contributed by atoms with E-state index >= 15 is 0 Å². The second kappa shape index (κ2) is 13.0. The molecule has 5 aromatic rings. The average Bonchev–Trinajstić information content (AvgIpc) is 3.90. The first-order valence-corrected chi connectivity index (χ1v) is 16.5. The fourth-order valence-corrected chi connectivity index (χ4v) is 6.57. The number of unbranched alkanes of at least 4 members (excludes halogenated alkanes) is 3. The average molecular weight is 589 g/mol. The molecule has 0 atom stereocenters. The molecule has 0 amide bonds. The lowest BCUT2D eigenvalue weighted by molar-refractivity contribution is 0.714. The van der Waals surface area contributed by atoms with E-state index in [2.05, 4.69) is 133 Å². The Bertz CT molecular complexity index is 1900. The van der Waals surface area contributed by atoms with Crippen molar-refractivity contribution in [3.63, 3.8) is 0 Å². The lowest BCUT2D eigenvalue weighted by Gasteiger charge is -2.06.